The van der Waals surface area contributed by atoms with E-state index in [0.717, 1.165) is 25.0 Å². The molecule has 0 heterocycles. The molecule has 0 saturated heterocycles. The summed E-state index contributed by atoms with van der Waals surface area (Å²) in [6.45, 7) is 9.82. The molecule has 1 rings (SSSR count). The Morgan fingerprint density at radius 3 is 2.50 bits per heavy atom. The summed E-state index contributed by atoms with van der Waals surface area (Å²) in [5.41, 5.74) is 0. The molecular weight excluding hydrogens is 198 g/mol. The molecule has 2 heteroatoms. The Hall–Kier alpha value is -0.0800. The van der Waals surface area contributed by atoms with Crippen molar-refractivity contribution in [2.24, 2.45) is 11.8 Å². The fraction of sp³-hybridized carbons (Fsp3) is 1.00. The average Bonchev–Trinajstić information content (AvgIpc) is 2.28. The third-order valence-corrected chi connectivity index (χ3v) is 3.54. The number of hydrogen-bond donors (Lipinski definition) is 1. The van der Waals surface area contributed by atoms with Gasteiger partial charge in [-0.15, -0.1) is 0 Å². The van der Waals surface area contributed by atoms with Crippen LogP contribution in [0.4, 0.5) is 0 Å². The van der Waals surface area contributed by atoms with Crippen LogP contribution in [0.25, 0.3) is 0 Å². The Morgan fingerprint density at radius 1 is 1.19 bits per heavy atom. The normalized spacial score (nSPS) is 26.2. The molecule has 1 fully saturated rings. The topological polar surface area (TPSA) is 21.3 Å². The van der Waals surface area contributed by atoms with Crippen LogP contribution < -0.4 is 5.32 Å². The molecule has 0 aromatic heterocycles. The van der Waals surface area contributed by atoms with Crippen molar-refractivity contribution in [3.8, 4) is 0 Å². The molecule has 0 radical (unpaired) electrons. The summed E-state index contributed by atoms with van der Waals surface area (Å²) in [6, 6.07) is 0. The summed E-state index contributed by atoms with van der Waals surface area (Å²) < 4.78 is 5.79. The first-order valence-electron chi connectivity index (χ1n) is 7.06. The second-order valence-corrected chi connectivity index (χ2v) is 5.39. The molecule has 0 aromatic rings. The lowest BCUT2D eigenvalue weighted by atomic mass is 9.79. The summed E-state index contributed by atoms with van der Waals surface area (Å²) in [7, 11) is 0. The van der Waals surface area contributed by atoms with Crippen LogP contribution in [0.5, 0.6) is 0 Å². The van der Waals surface area contributed by atoms with Crippen LogP contribution in [0.1, 0.15) is 52.9 Å². The summed E-state index contributed by atoms with van der Waals surface area (Å²) in [5.74, 6) is 1.64. The standard InChI is InChI=1S/C14H29NO/c1-4-9-15-10-13-7-5-6-8-14(13)11-16-12(2)3/h12-15H,4-11H2,1-3H3. The first-order valence-corrected chi connectivity index (χ1v) is 7.06. The van der Waals surface area contributed by atoms with Crippen LogP contribution in [-0.2, 0) is 4.74 Å². The van der Waals surface area contributed by atoms with Crippen molar-refractivity contribution in [2.75, 3.05) is 19.7 Å². The van der Waals surface area contributed by atoms with Gasteiger partial charge in [0.2, 0.25) is 0 Å². The Kier molecular flexibility index (Phi) is 7.06. The van der Waals surface area contributed by atoms with E-state index in [1.807, 2.05) is 0 Å². The zero-order chi connectivity index (χ0) is 11.8. The molecule has 1 N–H and O–H groups in total. The Bertz CT molecular complexity index is 170. The van der Waals surface area contributed by atoms with E-state index < -0.39 is 0 Å². The van der Waals surface area contributed by atoms with Crippen LogP contribution in [0.15, 0.2) is 0 Å². The number of hydrogen-bond acceptors (Lipinski definition) is 2. The van der Waals surface area contributed by atoms with E-state index in [2.05, 4.69) is 26.1 Å². The molecule has 1 saturated carbocycles. The van der Waals surface area contributed by atoms with Gasteiger partial charge in [-0.25, -0.2) is 0 Å². The van der Waals surface area contributed by atoms with Crippen LogP contribution in [0.3, 0.4) is 0 Å². The first kappa shape index (κ1) is 14.0. The molecule has 2 atom stereocenters. The van der Waals surface area contributed by atoms with Crippen molar-refractivity contribution < 1.29 is 4.74 Å². The second-order valence-electron chi connectivity index (χ2n) is 5.39. The van der Waals surface area contributed by atoms with Crippen LogP contribution in [-0.4, -0.2) is 25.8 Å². The van der Waals surface area contributed by atoms with Crippen LogP contribution >= 0.6 is 0 Å². The molecule has 1 aliphatic carbocycles. The monoisotopic (exact) mass is 227 g/mol. The van der Waals surface area contributed by atoms with Gasteiger partial charge in [-0.1, -0.05) is 19.8 Å². The summed E-state index contributed by atoms with van der Waals surface area (Å²) >= 11 is 0. The Labute approximate surface area is 101 Å². The third-order valence-electron chi connectivity index (χ3n) is 3.54. The molecule has 0 spiro atoms. The van der Waals surface area contributed by atoms with Gasteiger partial charge in [0.15, 0.2) is 0 Å². The molecule has 96 valence electrons. The summed E-state index contributed by atoms with van der Waals surface area (Å²) in [6.07, 6.45) is 7.19. The van der Waals surface area contributed by atoms with Crippen molar-refractivity contribution in [3.05, 3.63) is 0 Å². The zero-order valence-corrected chi connectivity index (χ0v) is 11.3. The fourth-order valence-corrected chi connectivity index (χ4v) is 2.55. The van der Waals surface area contributed by atoms with Crippen LogP contribution in [0, 0.1) is 11.8 Å². The van der Waals surface area contributed by atoms with E-state index >= 15 is 0 Å². The molecular formula is C14H29NO. The highest BCUT2D eigenvalue weighted by Crippen LogP contribution is 2.30. The minimum atomic E-state index is 0.381. The summed E-state index contributed by atoms with van der Waals surface area (Å²) in [4.78, 5) is 0. The minimum absolute atomic E-state index is 0.381. The molecule has 2 nitrogen and oxygen atoms in total. The molecule has 0 amide bonds. The lowest BCUT2D eigenvalue weighted by molar-refractivity contribution is 0.0223. The van der Waals surface area contributed by atoms with Gasteiger partial charge in [-0.2, -0.15) is 0 Å². The highest BCUT2D eigenvalue weighted by Gasteiger charge is 2.24. The third kappa shape index (κ3) is 5.31. The van der Waals surface area contributed by atoms with E-state index in [-0.39, 0.29) is 0 Å². The highest BCUT2D eigenvalue weighted by molar-refractivity contribution is 4.77. The van der Waals surface area contributed by atoms with Gasteiger partial charge in [-0.05, 0) is 58.0 Å². The lowest BCUT2D eigenvalue weighted by Crippen LogP contribution is -2.33. The van der Waals surface area contributed by atoms with Crippen molar-refractivity contribution in [3.63, 3.8) is 0 Å². The number of ether oxygens (including phenoxy) is 1. The summed E-state index contributed by atoms with van der Waals surface area (Å²) in [5, 5.41) is 3.57. The molecule has 0 bridgehead atoms. The molecule has 0 aromatic carbocycles. The minimum Gasteiger partial charge on any atom is -0.378 e. The van der Waals surface area contributed by atoms with E-state index in [0.29, 0.717) is 6.10 Å². The van der Waals surface area contributed by atoms with Crippen molar-refractivity contribution in [1.82, 2.24) is 5.32 Å². The van der Waals surface area contributed by atoms with Crippen LogP contribution in [0.2, 0.25) is 0 Å². The van der Waals surface area contributed by atoms with Gasteiger partial charge in [0.1, 0.15) is 0 Å². The quantitative estimate of drug-likeness (QED) is 0.674. The van der Waals surface area contributed by atoms with Gasteiger partial charge >= 0.3 is 0 Å². The van der Waals surface area contributed by atoms with Gasteiger partial charge < -0.3 is 10.1 Å². The molecule has 2 unspecified atom stereocenters. The zero-order valence-electron chi connectivity index (χ0n) is 11.3. The molecule has 1 aliphatic rings. The van der Waals surface area contributed by atoms with Crippen molar-refractivity contribution in [2.45, 2.75) is 59.0 Å². The average molecular weight is 227 g/mol. The largest absolute Gasteiger partial charge is 0.378 e. The van der Waals surface area contributed by atoms with E-state index in [4.69, 9.17) is 4.74 Å². The molecule has 0 aliphatic heterocycles. The molecule has 16 heavy (non-hydrogen) atoms. The van der Waals surface area contributed by atoms with Gasteiger partial charge in [0.25, 0.3) is 0 Å². The van der Waals surface area contributed by atoms with E-state index in [1.54, 1.807) is 0 Å². The van der Waals surface area contributed by atoms with Gasteiger partial charge in [0, 0.05) is 0 Å². The number of nitrogens with one attached hydrogen (secondary N) is 1. The second kappa shape index (κ2) is 8.08. The maximum Gasteiger partial charge on any atom is 0.0519 e. The van der Waals surface area contributed by atoms with Crippen molar-refractivity contribution in [1.29, 1.82) is 0 Å². The maximum absolute atomic E-state index is 5.79. The van der Waals surface area contributed by atoms with Gasteiger partial charge in [-0.3, -0.25) is 0 Å². The maximum atomic E-state index is 5.79. The highest BCUT2D eigenvalue weighted by atomic mass is 16.5. The first-order chi connectivity index (χ1) is 7.74. The fourth-order valence-electron chi connectivity index (χ4n) is 2.55. The SMILES string of the molecule is CCCNCC1CCCCC1COC(C)C. The van der Waals surface area contributed by atoms with E-state index in [9.17, 15) is 0 Å². The predicted octanol–water partition coefficient (Wildman–Crippen LogP) is 3.22. The van der Waals surface area contributed by atoms with Gasteiger partial charge in [0.05, 0.1) is 12.7 Å². The van der Waals surface area contributed by atoms with Crippen molar-refractivity contribution >= 4 is 0 Å². The Morgan fingerprint density at radius 2 is 1.88 bits per heavy atom. The smallest absolute Gasteiger partial charge is 0.0519 e. The van der Waals surface area contributed by atoms with E-state index in [1.165, 1.54) is 38.6 Å². The number of rotatable bonds is 7. The lowest BCUT2D eigenvalue weighted by Gasteiger charge is -2.32. The predicted molar refractivity (Wildman–Crippen MR) is 69.7 cm³/mol. The Balaban J connectivity index is 2.26.